The highest BCUT2D eigenvalue weighted by Crippen LogP contribution is 2.57. The van der Waals surface area contributed by atoms with Gasteiger partial charge in [0.25, 0.3) is 0 Å². The minimum Gasteiger partial charge on any atom is -0.369 e. The third-order valence-electron chi connectivity index (χ3n) is 6.85. The van der Waals surface area contributed by atoms with Crippen molar-refractivity contribution in [1.82, 2.24) is 4.90 Å². The molecule has 1 fully saturated rings. The van der Waals surface area contributed by atoms with Crippen molar-refractivity contribution in [2.75, 3.05) is 19.7 Å². The Kier molecular flexibility index (Phi) is 6.80. The van der Waals surface area contributed by atoms with Gasteiger partial charge in [-0.15, -0.1) is 0 Å². The lowest BCUT2D eigenvalue weighted by Crippen LogP contribution is -2.61. The molecule has 1 spiro atoms. The van der Waals surface area contributed by atoms with Gasteiger partial charge in [-0.25, -0.2) is 8.79 Å². The molecule has 1 saturated heterocycles. The van der Waals surface area contributed by atoms with Crippen LogP contribution in [0.5, 0.6) is 0 Å². The van der Waals surface area contributed by atoms with Gasteiger partial charge in [0.2, 0.25) is 5.91 Å². The smallest absolute Gasteiger partial charge is 0.369 e. The molecule has 3 heterocycles. The van der Waals surface area contributed by atoms with E-state index in [1.165, 1.54) is 0 Å². The zero-order valence-corrected chi connectivity index (χ0v) is 22.1. The molecule has 0 N–H and O–H groups in total. The summed E-state index contributed by atoms with van der Waals surface area (Å²) in [7, 11) is 0. The molecule has 1 unspecified atom stereocenters. The SMILES string of the molecule is CC(C)OCC(=O)N1CC2(C1)OCc1cc(C3=NSC(c4cc(Cl)c(F)c(Cl)c4)(C(F)(F)F)C3)ccc12. The van der Waals surface area contributed by atoms with Gasteiger partial charge in [-0.1, -0.05) is 35.3 Å². The number of benzene rings is 2. The number of fused-ring (bicyclic) bond motifs is 2. The van der Waals surface area contributed by atoms with Gasteiger partial charge >= 0.3 is 6.18 Å². The van der Waals surface area contributed by atoms with Gasteiger partial charge in [-0.05, 0) is 66.2 Å². The predicted octanol–water partition coefficient (Wildman–Crippen LogP) is 6.42. The Balaban J connectivity index is 1.36. The van der Waals surface area contributed by atoms with Crippen molar-refractivity contribution < 1.29 is 31.8 Å². The van der Waals surface area contributed by atoms with Crippen molar-refractivity contribution in [3.8, 4) is 0 Å². The number of amides is 1. The van der Waals surface area contributed by atoms with Crippen LogP contribution in [0.4, 0.5) is 17.6 Å². The molecule has 0 saturated carbocycles. The van der Waals surface area contributed by atoms with E-state index >= 15 is 0 Å². The topological polar surface area (TPSA) is 51.1 Å². The Bertz CT molecular complexity index is 1270. The van der Waals surface area contributed by atoms with Gasteiger partial charge in [0, 0.05) is 6.42 Å². The number of carbonyl (C=O) groups is 1. The first-order valence-electron chi connectivity index (χ1n) is 11.5. The number of alkyl halides is 3. The van der Waals surface area contributed by atoms with E-state index in [0.717, 1.165) is 23.3 Å². The molecule has 0 aliphatic carbocycles. The quantitative estimate of drug-likeness (QED) is 0.234. The van der Waals surface area contributed by atoms with E-state index in [0.29, 0.717) is 30.6 Å². The van der Waals surface area contributed by atoms with Crippen LogP contribution in [0, 0.1) is 5.82 Å². The van der Waals surface area contributed by atoms with Crippen LogP contribution in [0.1, 0.15) is 42.5 Å². The Labute approximate surface area is 225 Å². The molecule has 12 heteroatoms. The van der Waals surface area contributed by atoms with Crippen LogP contribution in [0.2, 0.25) is 10.0 Å². The van der Waals surface area contributed by atoms with E-state index in [1.807, 2.05) is 19.9 Å². The fraction of sp³-hybridized carbons (Fsp3) is 0.440. The lowest BCUT2D eigenvalue weighted by atomic mass is 9.83. The van der Waals surface area contributed by atoms with Crippen molar-refractivity contribution in [2.45, 2.75) is 49.5 Å². The lowest BCUT2D eigenvalue weighted by molar-refractivity contribution is -0.173. The van der Waals surface area contributed by atoms with Crippen LogP contribution in [0.25, 0.3) is 0 Å². The molecule has 0 bridgehead atoms. The van der Waals surface area contributed by atoms with Crippen molar-refractivity contribution in [3.05, 3.63) is 68.4 Å². The van der Waals surface area contributed by atoms with Gasteiger partial charge in [0.05, 0.1) is 41.6 Å². The van der Waals surface area contributed by atoms with Crippen molar-refractivity contribution >= 4 is 46.8 Å². The first-order valence-corrected chi connectivity index (χ1v) is 13.0. The number of ether oxygens (including phenoxy) is 2. The average Bonchev–Trinajstić information content (AvgIpc) is 3.42. The predicted molar refractivity (Wildman–Crippen MR) is 133 cm³/mol. The Morgan fingerprint density at radius 2 is 1.89 bits per heavy atom. The van der Waals surface area contributed by atoms with Gasteiger partial charge in [0.15, 0.2) is 10.6 Å². The average molecular weight is 577 g/mol. The van der Waals surface area contributed by atoms with E-state index in [2.05, 4.69) is 4.40 Å². The summed E-state index contributed by atoms with van der Waals surface area (Å²) in [4.78, 5) is 14.0. The summed E-state index contributed by atoms with van der Waals surface area (Å²) < 4.78 is 70.2. The molecular weight excluding hydrogens is 555 g/mol. The Morgan fingerprint density at radius 3 is 2.51 bits per heavy atom. The van der Waals surface area contributed by atoms with Crippen molar-refractivity contribution in [2.24, 2.45) is 4.40 Å². The molecule has 198 valence electrons. The minimum absolute atomic E-state index is 0.00245. The van der Waals surface area contributed by atoms with Gasteiger partial charge in [-0.2, -0.15) is 13.2 Å². The molecule has 2 aromatic rings. The largest absolute Gasteiger partial charge is 0.409 e. The Hall–Kier alpha value is -1.85. The molecule has 0 radical (unpaired) electrons. The molecule has 1 atom stereocenters. The molecule has 5 rings (SSSR count). The fourth-order valence-corrected chi connectivity index (χ4v) is 6.27. The number of nitrogens with zero attached hydrogens (tertiary/aromatic N) is 2. The van der Waals surface area contributed by atoms with Crippen LogP contribution < -0.4 is 0 Å². The standard InChI is InChI=1S/C25H22Cl2F4N2O3S/c1-13(2)35-10-21(34)33-11-23(12-33)17-4-3-14(5-15(17)9-36-23)20-8-24(37-32-20,25(29,30)31)16-6-18(26)22(28)19(27)7-16/h3-7,13H,8-12H2,1-2H3. The number of hydrogen-bond acceptors (Lipinski definition) is 5. The summed E-state index contributed by atoms with van der Waals surface area (Å²) in [6.45, 7) is 4.77. The third-order valence-corrected chi connectivity index (χ3v) is 8.64. The van der Waals surface area contributed by atoms with E-state index in [4.69, 9.17) is 32.7 Å². The first-order chi connectivity index (χ1) is 17.3. The summed E-state index contributed by atoms with van der Waals surface area (Å²) >= 11 is 12.0. The van der Waals surface area contributed by atoms with Crippen LogP contribution in [0.15, 0.2) is 34.7 Å². The number of likely N-dealkylation sites (tertiary alicyclic amines) is 1. The highest BCUT2D eigenvalue weighted by Gasteiger charge is 2.60. The third kappa shape index (κ3) is 4.54. The van der Waals surface area contributed by atoms with Gasteiger partial charge in [0.1, 0.15) is 12.2 Å². The normalized spacial score (nSPS) is 22.4. The molecule has 5 nitrogen and oxygen atoms in total. The Morgan fingerprint density at radius 1 is 1.22 bits per heavy atom. The summed E-state index contributed by atoms with van der Waals surface area (Å²) in [5, 5.41) is -0.965. The lowest BCUT2D eigenvalue weighted by Gasteiger charge is -2.47. The molecule has 37 heavy (non-hydrogen) atoms. The van der Waals surface area contributed by atoms with E-state index in [9.17, 15) is 22.4 Å². The van der Waals surface area contributed by atoms with Crippen LogP contribution >= 0.6 is 35.1 Å². The highest BCUT2D eigenvalue weighted by molar-refractivity contribution is 7.99. The summed E-state index contributed by atoms with van der Waals surface area (Å²) in [6, 6.07) is 7.25. The second-order valence-corrected chi connectivity index (χ2v) is 11.5. The number of halogens is 6. The van der Waals surface area contributed by atoms with E-state index in [-0.39, 0.29) is 36.5 Å². The zero-order valence-electron chi connectivity index (χ0n) is 19.8. The van der Waals surface area contributed by atoms with Crippen LogP contribution in [-0.4, -0.2) is 48.5 Å². The minimum atomic E-state index is -4.71. The maximum Gasteiger partial charge on any atom is 0.409 e. The van der Waals surface area contributed by atoms with Crippen molar-refractivity contribution in [3.63, 3.8) is 0 Å². The fourth-order valence-electron chi connectivity index (χ4n) is 4.82. The first kappa shape index (κ1) is 26.7. The molecule has 0 aromatic heterocycles. The van der Waals surface area contributed by atoms with Gasteiger partial charge in [-0.3, -0.25) is 4.79 Å². The maximum atomic E-state index is 14.4. The van der Waals surface area contributed by atoms with E-state index in [1.54, 1.807) is 17.0 Å². The van der Waals surface area contributed by atoms with E-state index < -0.39 is 38.8 Å². The van der Waals surface area contributed by atoms with Gasteiger partial charge < -0.3 is 14.4 Å². The maximum absolute atomic E-state index is 14.4. The summed E-state index contributed by atoms with van der Waals surface area (Å²) in [6.07, 6.45) is -5.23. The number of hydrogen-bond donors (Lipinski definition) is 0. The molecular formula is C25H22Cl2F4N2O3S. The zero-order chi connectivity index (χ0) is 26.8. The number of carbonyl (C=O) groups excluding carboxylic acids is 1. The highest BCUT2D eigenvalue weighted by atomic mass is 35.5. The monoisotopic (exact) mass is 576 g/mol. The van der Waals surface area contributed by atoms with Crippen LogP contribution in [-0.2, 0) is 31.2 Å². The molecule has 1 amide bonds. The molecule has 2 aromatic carbocycles. The molecule has 3 aliphatic rings. The second kappa shape index (κ2) is 9.41. The number of rotatable bonds is 5. The second-order valence-electron chi connectivity index (χ2n) is 9.65. The summed E-state index contributed by atoms with van der Waals surface area (Å²) in [5.41, 5.74) is 1.66. The summed E-state index contributed by atoms with van der Waals surface area (Å²) in [5.74, 6) is -1.08. The van der Waals surface area contributed by atoms with Crippen LogP contribution in [0.3, 0.4) is 0 Å². The molecule has 3 aliphatic heterocycles. The van der Waals surface area contributed by atoms with Crippen molar-refractivity contribution in [1.29, 1.82) is 0 Å².